The van der Waals surface area contributed by atoms with Crippen molar-refractivity contribution in [1.29, 1.82) is 0 Å². The fraction of sp³-hybridized carbons (Fsp3) is 0.333. The summed E-state index contributed by atoms with van der Waals surface area (Å²) in [4.78, 5) is 20.5. The summed E-state index contributed by atoms with van der Waals surface area (Å²) in [6, 6.07) is 8.08. The number of benzene rings is 1. The highest BCUT2D eigenvalue weighted by molar-refractivity contribution is 6.31. The molecule has 0 bridgehead atoms. The van der Waals surface area contributed by atoms with Crippen LogP contribution in [0.5, 0.6) is 5.88 Å². The maximum absolute atomic E-state index is 13.9. The Balaban J connectivity index is 1.58. The molecule has 2 aromatic rings. The van der Waals surface area contributed by atoms with Gasteiger partial charge in [0.1, 0.15) is 5.82 Å². The number of halogens is 2. The molecule has 5 nitrogen and oxygen atoms in total. The molecule has 1 aliphatic heterocycles. The van der Waals surface area contributed by atoms with E-state index in [2.05, 4.69) is 9.88 Å². The van der Waals surface area contributed by atoms with Gasteiger partial charge in [0, 0.05) is 55.6 Å². The van der Waals surface area contributed by atoms with Gasteiger partial charge in [-0.15, -0.1) is 0 Å². The number of methoxy groups -OCH3 is 1. The Morgan fingerprint density at radius 2 is 2.00 bits per heavy atom. The molecule has 25 heavy (non-hydrogen) atoms. The summed E-state index contributed by atoms with van der Waals surface area (Å²) in [6.45, 7) is 2.94. The first-order valence-electron chi connectivity index (χ1n) is 8.03. The first kappa shape index (κ1) is 17.6. The molecule has 0 N–H and O–H groups in total. The minimum absolute atomic E-state index is 0.0567. The van der Waals surface area contributed by atoms with Crippen molar-refractivity contribution >= 4 is 17.5 Å². The van der Waals surface area contributed by atoms with E-state index in [9.17, 15) is 9.18 Å². The van der Waals surface area contributed by atoms with Crippen LogP contribution in [0.2, 0.25) is 5.02 Å². The molecule has 1 fully saturated rings. The topological polar surface area (TPSA) is 45.7 Å². The Bertz CT molecular complexity index is 726. The molecule has 0 radical (unpaired) electrons. The van der Waals surface area contributed by atoms with Gasteiger partial charge in [0.05, 0.1) is 12.7 Å². The third-order valence-electron chi connectivity index (χ3n) is 4.30. The SMILES string of the molecule is COc1ccc(C(=O)N2CCN(Cc3c(F)cccc3Cl)CC2)cn1. The van der Waals surface area contributed by atoms with Crippen LogP contribution < -0.4 is 4.74 Å². The minimum Gasteiger partial charge on any atom is -0.481 e. The second-order valence-corrected chi connectivity index (χ2v) is 6.26. The predicted molar refractivity (Wildman–Crippen MR) is 93.4 cm³/mol. The molecule has 0 spiro atoms. The number of rotatable bonds is 4. The zero-order chi connectivity index (χ0) is 17.8. The molecule has 2 heterocycles. The van der Waals surface area contributed by atoms with Crippen molar-refractivity contribution < 1.29 is 13.9 Å². The third kappa shape index (κ3) is 4.08. The van der Waals surface area contributed by atoms with E-state index in [1.165, 1.54) is 19.4 Å². The highest BCUT2D eigenvalue weighted by Crippen LogP contribution is 2.21. The lowest BCUT2D eigenvalue weighted by Crippen LogP contribution is -2.48. The van der Waals surface area contributed by atoms with Crippen molar-refractivity contribution in [2.24, 2.45) is 0 Å². The van der Waals surface area contributed by atoms with Crippen LogP contribution in [0.25, 0.3) is 0 Å². The van der Waals surface area contributed by atoms with Crippen molar-refractivity contribution in [3.63, 3.8) is 0 Å². The zero-order valence-electron chi connectivity index (χ0n) is 13.9. The maximum atomic E-state index is 13.9. The van der Waals surface area contributed by atoms with Gasteiger partial charge in [-0.3, -0.25) is 9.69 Å². The molecule has 0 unspecified atom stereocenters. The van der Waals surface area contributed by atoms with Crippen molar-refractivity contribution in [1.82, 2.24) is 14.8 Å². The molecule has 0 aliphatic carbocycles. The van der Waals surface area contributed by atoms with E-state index in [0.717, 1.165) is 0 Å². The van der Waals surface area contributed by atoms with Gasteiger partial charge in [0.2, 0.25) is 5.88 Å². The van der Waals surface area contributed by atoms with Gasteiger partial charge in [0.15, 0.2) is 0 Å². The largest absolute Gasteiger partial charge is 0.481 e. The van der Waals surface area contributed by atoms with Crippen molar-refractivity contribution in [2.75, 3.05) is 33.3 Å². The number of carbonyl (C=O) groups excluding carboxylic acids is 1. The predicted octanol–water partition coefficient (Wildman–Crippen LogP) is 2.84. The zero-order valence-corrected chi connectivity index (χ0v) is 14.7. The van der Waals surface area contributed by atoms with Crippen molar-refractivity contribution in [2.45, 2.75) is 6.54 Å². The summed E-state index contributed by atoms with van der Waals surface area (Å²) in [5, 5.41) is 0.433. The van der Waals surface area contributed by atoms with E-state index >= 15 is 0 Å². The number of aromatic nitrogens is 1. The van der Waals surface area contributed by atoms with Crippen LogP contribution in [0.4, 0.5) is 4.39 Å². The van der Waals surface area contributed by atoms with Gasteiger partial charge in [0.25, 0.3) is 5.91 Å². The lowest BCUT2D eigenvalue weighted by molar-refractivity contribution is 0.0626. The number of nitrogens with zero attached hydrogens (tertiary/aromatic N) is 3. The second kappa shape index (κ2) is 7.80. The molecule has 3 rings (SSSR count). The Hall–Kier alpha value is -2.18. The van der Waals surface area contributed by atoms with Crippen LogP contribution in [0.1, 0.15) is 15.9 Å². The quantitative estimate of drug-likeness (QED) is 0.838. The number of piperazine rings is 1. The van der Waals surface area contributed by atoms with Crippen LogP contribution in [0.15, 0.2) is 36.5 Å². The van der Waals surface area contributed by atoms with E-state index in [-0.39, 0.29) is 11.7 Å². The first-order valence-corrected chi connectivity index (χ1v) is 8.41. The average Bonchev–Trinajstić information content (AvgIpc) is 2.65. The van der Waals surface area contributed by atoms with E-state index in [1.807, 2.05) is 0 Å². The lowest BCUT2D eigenvalue weighted by Gasteiger charge is -2.35. The fourth-order valence-corrected chi connectivity index (χ4v) is 3.05. The fourth-order valence-electron chi connectivity index (χ4n) is 2.83. The Kier molecular flexibility index (Phi) is 5.50. The molecule has 1 aromatic carbocycles. The molecule has 1 saturated heterocycles. The molecule has 1 aliphatic rings. The van der Waals surface area contributed by atoms with Crippen LogP contribution >= 0.6 is 11.6 Å². The molecular formula is C18H19ClFN3O2. The molecule has 1 amide bonds. The monoisotopic (exact) mass is 363 g/mol. The van der Waals surface area contributed by atoms with Crippen LogP contribution in [-0.4, -0.2) is 54.0 Å². The number of ether oxygens (including phenoxy) is 1. The lowest BCUT2D eigenvalue weighted by atomic mass is 10.1. The van der Waals surface area contributed by atoms with Gasteiger partial charge in [-0.05, 0) is 18.2 Å². The number of hydrogen-bond donors (Lipinski definition) is 0. The first-order chi connectivity index (χ1) is 12.1. The summed E-state index contributed by atoms with van der Waals surface area (Å²) in [5.41, 5.74) is 1.04. The number of carbonyl (C=O) groups is 1. The number of hydrogen-bond acceptors (Lipinski definition) is 4. The van der Waals surface area contributed by atoms with E-state index in [0.29, 0.717) is 54.8 Å². The summed E-state index contributed by atoms with van der Waals surface area (Å²) in [5.74, 6) is 0.122. The van der Waals surface area contributed by atoms with Crippen molar-refractivity contribution in [3.8, 4) is 5.88 Å². The number of amides is 1. The molecule has 7 heteroatoms. The Labute approximate surface area is 151 Å². The van der Waals surface area contributed by atoms with Crippen molar-refractivity contribution in [3.05, 3.63) is 58.5 Å². The second-order valence-electron chi connectivity index (χ2n) is 5.86. The van der Waals surface area contributed by atoms with Crippen LogP contribution in [-0.2, 0) is 6.54 Å². The summed E-state index contributed by atoms with van der Waals surface area (Å²) in [6.07, 6.45) is 1.52. The van der Waals surface area contributed by atoms with Crippen LogP contribution in [0, 0.1) is 5.82 Å². The molecule has 1 aromatic heterocycles. The summed E-state index contributed by atoms with van der Waals surface area (Å²) < 4.78 is 18.9. The Morgan fingerprint density at radius 1 is 1.24 bits per heavy atom. The summed E-state index contributed by atoms with van der Waals surface area (Å²) in [7, 11) is 1.53. The average molecular weight is 364 g/mol. The molecular weight excluding hydrogens is 345 g/mol. The third-order valence-corrected chi connectivity index (χ3v) is 4.65. The van der Waals surface area contributed by atoms with E-state index in [1.54, 1.807) is 29.2 Å². The van der Waals surface area contributed by atoms with Gasteiger partial charge >= 0.3 is 0 Å². The maximum Gasteiger partial charge on any atom is 0.255 e. The van der Waals surface area contributed by atoms with E-state index in [4.69, 9.17) is 16.3 Å². The van der Waals surface area contributed by atoms with Gasteiger partial charge in [-0.1, -0.05) is 17.7 Å². The van der Waals surface area contributed by atoms with Gasteiger partial charge < -0.3 is 9.64 Å². The summed E-state index contributed by atoms with van der Waals surface area (Å²) >= 11 is 6.08. The molecule has 0 saturated carbocycles. The molecule has 132 valence electrons. The molecule has 0 atom stereocenters. The smallest absolute Gasteiger partial charge is 0.255 e. The highest BCUT2D eigenvalue weighted by atomic mass is 35.5. The standard InChI is InChI=1S/C18H19ClFN3O2/c1-25-17-6-5-13(11-21-17)18(24)23-9-7-22(8-10-23)12-14-15(19)3-2-4-16(14)20/h2-6,11H,7-10,12H2,1H3. The number of pyridine rings is 1. The van der Waals surface area contributed by atoms with Gasteiger partial charge in [-0.2, -0.15) is 0 Å². The highest BCUT2D eigenvalue weighted by Gasteiger charge is 2.23. The Morgan fingerprint density at radius 3 is 2.60 bits per heavy atom. The van der Waals surface area contributed by atoms with Crippen LogP contribution in [0.3, 0.4) is 0 Å². The normalized spacial score (nSPS) is 15.2. The van der Waals surface area contributed by atoms with Gasteiger partial charge in [-0.25, -0.2) is 9.37 Å². The minimum atomic E-state index is -0.296. The van der Waals surface area contributed by atoms with E-state index < -0.39 is 0 Å².